The molecule has 0 heterocycles. The van der Waals surface area contributed by atoms with Crippen LogP contribution in [0.15, 0.2) is 41.3 Å². The summed E-state index contributed by atoms with van der Waals surface area (Å²) in [6.45, 7) is 5.02. The zero-order valence-corrected chi connectivity index (χ0v) is 12.4. The fourth-order valence-electron chi connectivity index (χ4n) is 0.948. The van der Waals surface area contributed by atoms with Gasteiger partial charge in [-0.1, -0.05) is 6.58 Å². The number of carbonyl (C=O) groups is 1. The van der Waals surface area contributed by atoms with Crippen LogP contribution >= 0.6 is 0 Å². The first-order valence-corrected chi connectivity index (χ1v) is 5.79. The third-order valence-corrected chi connectivity index (χ3v) is 2.67. The van der Waals surface area contributed by atoms with Crippen molar-refractivity contribution in [1.29, 1.82) is 0 Å². The molecule has 7 heteroatoms. The van der Waals surface area contributed by atoms with E-state index in [0.717, 1.165) is 0 Å². The Kier molecular flexibility index (Phi) is 6.08. The van der Waals surface area contributed by atoms with E-state index in [9.17, 15) is 13.2 Å². The van der Waals surface area contributed by atoms with Gasteiger partial charge in [0.2, 0.25) is 0 Å². The number of hydrogen-bond acceptors (Lipinski definition) is 3. The second-order valence-electron chi connectivity index (χ2n) is 3.23. The van der Waals surface area contributed by atoms with Crippen molar-refractivity contribution >= 4 is 51.3 Å². The predicted molar refractivity (Wildman–Crippen MR) is 65.5 cm³/mol. The first kappa shape index (κ1) is 16.3. The number of hydrogen-bond donors (Lipinski definition) is 2. The maximum Gasteiger partial charge on any atom is 0.294 e. The molecule has 0 spiro atoms. The molecule has 0 saturated heterocycles. The van der Waals surface area contributed by atoms with Crippen LogP contribution in [0.1, 0.15) is 6.92 Å². The van der Waals surface area contributed by atoms with Crippen LogP contribution in [-0.2, 0) is 14.9 Å². The van der Waals surface area contributed by atoms with Crippen LogP contribution in [0.25, 0.3) is 0 Å². The molecule has 0 unspecified atom stereocenters. The van der Waals surface area contributed by atoms with Crippen molar-refractivity contribution < 1.29 is 17.8 Å². The van der Waals surface area contributed by atoms with Gasteiger partial charge < -0.3 is 5.32 Å². The van der Waals surface area contributed by atoms with Gasteiger partial charge >= 0.3 is 0 Å². The summed E-state index contributed by atoms with van der Waals surface area (Å²) < 4.78 is 30.2. The molecule has 2 N–H and O–H groups in total. The van der Waals surface area contributed by atoms with Crippen LogP contribution in [0, 0.1) is 0 Å². The summed E-state index contributed by atoms with van der Waals surface area (Å²) in [4.78, 5) is 11.0. The van der Waals surface area contributed by atoms with Crippen molar-refractivity contribution in [2.24, 2.45) is 0 Å². The Balaban J connectivity index is 0.00000256. The van der Waals surface area contributed by atoms with Gasteiger partial charge in [-0.25, -0.2) is 0 Å². The van der Waals surface area contributed by atoms with Crippen molar-refractivity contribution in [2.45, 2.75) is 11.8 Å². The Labute approximate surface area is 122 Å². The molecule has 1 aromatic rings. The average molecular weight is 264 g/mol. The summed E-state index contributed by atoms with van der Waals surface area (Å²) in [5.74, 6) is -0.348. The smallest absolute Gasteiger partial charge is 0.294 e. The minimum Gasteiger partial charge on any atom is -0.322 e. The van der Waals surface area contributed by atoms with Gasteiger partial charge in [-0.3, -0.25) is 9.35 Å². The van der Waals surface area contributed by atoms with E-state index in [-0.39, 0.29) is 40.4 Å². The number of anilines is 1. The molecule has 0 aliphatic heterocycles. The quantitative estimate of drug-likeness (QED) is 0.486. The normalized spacial score (nSPS) is 10.2. The summed E-state index contributed by atoms with van der Waals surface area (Å²) in [6, 6.07) is 5.15. The Morgan fingerprint density at radius 3 is 2.12 bits per heavy atom. The van der Waals surface area contributed by atoms with E-state index in [4.69, 9.17) is 4.55 Å². The minimum absolute atomic E-state index is 0. The first-order chi connectivity index (χ1) is 7.30. The molecular weight excluding hydrogens is 253 g/mol. The van der Waals surface area contributed by atoms with Crippen LogP contribution < -0.4 is 5.32 Å². The molecule has 0 atom stereocenters. The maximum atomic E-state index is 11.2. The van der Waals surface area contributed by atoms with Gasteiger partial charge in [-0.2, -0.15) is 8.42 Å². The number of carbonyl (C=O) groups excluding carboxylic acids is 1. The van der Waals surface area contributed by atoms with E-state index in [1.54, 1.807) is 6.92 Å². The van der Waals surface area contributed by atoms with Crippen LogP contribution in [0.5, 0.6) is 0 Å². The van der Waals surface area contributed by atoms with Gasteiger partial charge in [0.25, 0.3) is 16.0 Å². The van der Waals surface area contributed by atoms with Gasteiger partial charge in [0.1, 0.15) is 0 Å². The van der Waals surface area contributed by atoms with Crippen molar-refractivity contribution in [1.82, 2.24) is 0 Å². The topological polar surface area (TPSA) is 83.5 Å². The van der Waals surface area contributed by atoms with Crippen LogP contribution in [-0.4, -0.2) is 48.4 Å². The standard InChI is InChI=1S/C10H11NO4S.Na/c1-7(2)10(12)11-8-3-5-9(6-4-8)16(13,14)15;/h3-6H,1H2,2H3,(H,11,12)(H,13,14,15);. The molecule has 5 nitrogen and oxygen atoms in total. The summed E-state index contributed by atoms with van der Waals surface area (Å²) in [6.07, 6.45) is 0. The Hall–Kier alpha value is -0.660. The molecule has 0 bridgehead atoms. The van der Waals surface area contributed by atoms with Gasteiger partial charge in [0.05, 0.1) is 4.90 Å². The van der Waals surface area contributed by atoms with Gasteiger partial charge in [-0.15, -0.1) is 0 Å². The Morgan fingerprint density at radius 2 is 1.76 bits per heavy atom. The average Bonchev–Trinajstić information content (AvgIpc) is 2.17. The SMILES string of the molecule is C=C(C)C(=O)Nc1ccc(S(=O)(=O)O)cc1.[Na]. The first-order valence-electron chi connectivity index (χ1n) is 4.35. The van der Waals surface area contributed by atoms with Crippen molar-refractivity contribution in [3.63, 3.8) is 0 Å². The minimum atomic E-state index is -4.19. The summed E-state index contributed by atoms with van der Waals surface area (Å²) >= 11 is 0. The fraction of sp³-hybridized carbons (Fsp3) is 0.100. The summed E-state index contributed by atoms with van der Waals surface area (Å²) in [5.41, 5.74) is 0.777. The predicted octanol–water partition coefficient (Wildman–Crippen LogP) is 1.07. The third kappa shape index (κ3) is 5.01. The van der Waals surface area contributed by atoms with Crippen LogP contribution in [0.2, 0.25) is 0 Å². The fourth-order valence-corrected chi connectivity index (χ4v) is 1.43. The van der Waals surface area contributed by atoms with E-state index < -0.39 is 10.1 Å². The van der Waals surface area contributed by atoms with Crippen molar-refractivity contribution in [3.05, 3.63) is 36.4 Å². The molecule has 17 heavy (non-hydrogen) atoms. The molecular formula is C10H11NNaO4S. The second kappa shape index (κ2) is 6.32. The Bertz CT molecular complexity index is 522. The molecule has 1 radical (unpaired) electrons. The van der Waals surface area contributed by atoms with E-state index in [1.165, 1.54) is 24.3 Å². The van der Waals surface area contributed by atoms with E-state index in [1.807, 2.05) is 0 Å². The maximum absolute atomic E-state index is 11.2. The molecule has 1 amide bonds. The van der Waals surface area contributed by atoms with Crippen LogP contribution in [0.3, 0.4) is 0 Å². The molecule has 0 fully saturated rings. The number of benzene rings is 1. The second-order valence-corrected chi connectivity index (χ2v) is 4.66. The molecule has 0 aliphatic rings. The molecule has 1 rings (SSSR count). The van der Waals surface area contributed by atoms with Gasteiger partial charge in [-0.05, 0) is 31.2 Å². The number of nitrogens with one attached hydrogen (secondary N) is 1. The number of rotatable bonds is 3. The largest absolute Gasteiger partial charge is 0.322 e. The molecule has 1 aromatic carbocycles. The van der Waals surface area contributed by atoms with E-state index in [0.29, 0.717) is 11.3 Å². The van der Waals surface area contributed by atoms with E-state index in [2.05, 4.69) is 11.9 Å². The van der Waals surface area contributed by atoms with Crippen LogP contribution in [0.4, 0.5) is 5.69 Å². The monoisotopic (exact) mass is 264 g/mol. The third-order valence-electron chi connectivity index (χ3n) is 1.80. The molecule has 87 valence electrons. The number of amides is 1. The van der Waals surface area contributed by atoms with Crippen molar-refractivity contribution in [2.75, 3.05) is 5.32 Å². The van der Waals surface area contributed by atoms with Gasteiger partial charge in [0, 0.05) is 40.8 Å². The summed E-state index contributed by atoms with van der Waals surface area (Å²) in [7, 11) is -4.19. The zero-order valence-electron chi connectivity index (χ0n) is 9.60. The zero-order chi connectivity index (χ0) is 12.3. The molecule has 0 aromatic heterocycles. The summed E-state index contributed by atoms with van der Waals surface area (Å²) in [5, 5.41) is 2.51. The van der Waals surface area contributed by atoms with Crippen molar-refractivity contribution in [3.8, 4) is 0 Å². The van der Waals surface area contributed by atoms with Gasteiger partial charge in [0.15, 0.2) is 0 Å². The Morgan fingerprint density at radius 1 is 1.29 bits per heavy atom. The molecule has 0 aliphatic carbocycles. The van der Waals surface area contributed by atoms with E-state index >= 15 is 0 Å². The molecule has 0 saturated carbocycles.